The van der Waals surface area contributed by atoms with Crippen molar-refractivity contribution in [2.45, 2.75) is 19.8 Å². The number of esters is 1. The number of hydrogen-bond donors (Lipinski definition) is 0. The van der Waals surface area contributed by atoms with Gasteiger partial charge in [0.15, 0.2) is 11.5 Å². The Labute approximate surface area is 135 Å². The third kappa shape index (κ3) is 4.90. The highest BCUT2D eigenvalue weighted by Crippen LogP contribution is 2.25. The third-order valence-electron chi connectivity index (χ3n) is 2.95. The first-order valence-electron chi connectivity index (χ1n) is 6.98. The molecule has 0 aliphatic rings. The zero-order valence-electron chi connectivity index (χ0n) is 13.0. The third-order valence-corrected chi connectivity index (χ3v) is 2.95. The van der Waals surface area contributed by atoms with Gasteiger partial charge in [0.2, 0.25) is 0 Å². The van der Waals surface area contributed by atoms with E-state index in [-0.39, 0.29) is 24.6 Å². The van der Waals surface area contributed by atoms with Crippen molar-refractivity contribution in [3.8, 4) is 5.75 Å². The van der Waals surface area contributed by atoms with Gasteiger partial charge in [0, 0.05) is 18.8 Å². The molecule has 0 fully saturated rings. The number of alkyl halides is 3. The topological polar surface area (TPSA) is 64.8 Å². The standard InChI is InChI=1S/C15H15F3N2O4/c1-3-22-14(21)13-8-12(24-19-13)9-20(2)10-4-6-11(7-5-10)23-15(16,17)18/h4-8H,3,9H2,1-2H3. The molecule has 1 aromatic carbocycles. The zero-order valence-corrected chi connectivity index (χ0v) is 13.0. The maximum atomic E-state index is 12.1. The molecule has 9 heteroatoms. The Morgan fingerprint density at radius 1 is 1.29 bits per heavy atom. The fourth-order valence-corrected chi connectivity index (χ4v) is 1.92. The van der Waals surface area contributed by atoms with Crippen LogP contribution in [-0.4, -0.2) is 31.1 Å². The van der Waals surface area contributed by atoms with Gasteiger partial charge in [-0.3, -0.25) is 0 Å². The van der Waals surface area contributed by atoms with Crippen LogP contribution in [0.15, 0.2) is 34.9 Å². The van der Waals surface area contributed by atoms with E-state index in [0.29, 0.717) is 11.4 Å². The van der Waals surface area contributed by atoms with Crippen LogP contribution in [0.25, 0.3) is 0 Å². The first-order chi connectivity index (χ1) is 11.3. The van der Waals surface area contributed by atoms with Gasteiger partial charge in [-0.15, -0.1) is 13.2 Å². The minimum absolute atomic E-state index is 0.0641. The molecule has 0 aliphatic carbocycles. The fourth-order valence-electron chi connectivity index (χ4n) is 1.92. The Kier molecular flexibility index (Phi) is 5.32. The number of carbonyl (C=O) groups excluding carboxylic acids is 1. The van der Waals surface area contributed by atoms with Crippen LogP contribution < -0.4 is 9.64 Å². The maximum absolute atomic E-state index is 12.1. The van der Waals surface area contributed by atoms with Crippen molar-refractivity contribution in [1.29, 1.82) is 0 Å². The molecule has 0 bridgehead atoms. The predicted molar refractivity (Wildman–Crippen MR) is 77.7 cm³/mol. The minimum Gasteiger partial charge on any atom is -0.461 e. The number of benzene rings is 1. The van der Waals surface area contributed by atoms with E-state index in [1.165, 1.54) is 30.3 Å². The largest absolute Gasteiger partial charge is 0.573 e. The second-order valence-electron chi connectivity index (χ2n) is 4.80. The van der Waals surface area contributed by atoms with Gasteiger partial charge in [0.25, 0.3) is 0 Å². The van der Waals surface area contributed by atoms with Gasteiger partial charge in [0.1, 0.15) is 5.75 Å². The SMILES string of the molecule is CCOC(=O)c1cc(CN(C)c2ccc(OC(F)(F)F)cc2)on1. The molecule has 0 aliphatic heterocycles. The van der Waals surface area contributed by atoms with Crippen LogP contribution in [0.3, 0.4) is 0 Å². The summed E-state index contributed by atoms with van der Waals surface area (Å²) in [5, 5.41) is 3.61. The summed E-state index contributed by atoms with van der Waals surface area (Å²) < 4.78 is 50.0. The molecular formula is C15H15F3N2O4. The second kappa shape index (κ2) is 7.24. The lowest BCUT2D eigenvalue weighted by Crippen LogP contribution is -2.18. The number of nitrogens with zero attached hydrogens (tertiary/aromatic N) is 2. The van der Waals surface area contributed by atoms with Crippen molar-refractivity contribution in [2.75, 3.05) is 18.6 Å². The van der Waals surface area contributed by atoms with E-state index in [1.807, 2.05) is 0 Å². The van der Waals surface area contributed by atoms with Crippen molar-refractivity contribution in [3.63, 3.8) is 0 Å². The molecule has 0 N–H and O–H groups in total. The Morgan fingerprint density at radius 3 is 2.54 bits per heavy atom. The molecule has 130 valence electrons. The minimum atomic E-state index is -4.73. The Morgan fingerprint density at radius 2 is 1.96 bits per heavy atom. The number of rotatable bonds is 6. The lowest BCUT2D eigenvalue weighted by Gasteiger charge is -2.18. The van der Waals surface area contributed by atoms with Crippen molar-refractivity contribution >= 4 is 11.7 Å². The molecule has 0 saturated carbocycles. The number of hydrogen-bond acceptors (Lipinski definition) is 6. The molecule has 0 amide bonds. The highest BCUT2D eigenvalue weighted by molar-refractivity contribution is 5.87. The second-order valence-corrected chi connectivity index (χ2v) is 4.80. The lowest BCUT2D eigenvalue weighted by atomic mass is 10.2. The fraction of sp³-hybridized carbons (Fsp3) is 0.333. The van der Waals surface area contributed by atoms with E-state index in [9.17, 15) is 18.0 Å². The van der Waals surface area contributed by atoms with Crippen LogP contribution in [0.5, 0.6) is 5.75 Å². The van der Waals surface area contributed by atoms with E-state index >= 15 is 0 Å². The van der Waals surface area contributed by atoms with E-state index in [2.05, 4.69) is 9.89 Å². The van der Waals surface area contributed by atoms with Gasteiger partial charge >= 0.3 is 12.3 Å². The summed E-state index contributed by atoms with van der Waals surface area (Å²) in [6.07, 6.45) is -4.73. The Balaban J connectivity index is 1.99. The smallest absolute Gasteiger partial charge is 0.461 e. The predicted octanol–water partition coefficient (Wildman–Crippen LogP) is 3.39. The highest BCUT2D eigenvalue weighted by atomic mass is 19.4. The van der Waals surface area contributed by atoms with E-state index in [4.69, 9.17) is 9.26 Å². The van der Waals surface area contributed by atoms with Crippen LogP contribution in [0.1, 0.15) is 23.2 Å². The van der Waals surface area contributed by atoms with Crippen molar-refractivity contribution in [1.82, 2.24) is 5.16 Å². The van der Waals surface area contributed by atoms with Crippen molar-refractivity contribution < 1.29 is 32.0 Å². The highest BCUT2D eigenvalue weighted by Gasteiger charge is 2.31. The summed E-state index contributed by atoms with van der Waals surface area (Å²) in [5.74, 6) is -0.469. The number of halogens is 3. The molecule has 0 atom stereocenters. The molecule has 1 aromatic heterocycles. The van der Waals surface area contributed by atoms with Crippen LogP contribution in [0, 0.1) is 0 Å². The van der Waals surface area contributed by atoms with Gasteiger partial charge in [-0.2, -0.15) is 0 Å². The molecule has 0 spiro atoms. The summed E-state index contributed by atoms with van der Waals surface area (Å²) in [6, 6.07) is 6.83. The van der Waals surface area contributed by atoms with Gasteiger partial charge in [-0.1, -0.05) is 5.16 Å². The number of anilines is 1. The maximum Gasteiger partial charge on any atom is 0.573 e. The van der Waals surface area contributed by atoms with E-state index < -0.39 is 12.3 Å². The van der Waals surface area contributed by atoms with Crippen LogP contribution >= 0.6 is 0 Å². The van der Waals surface area contributed by atoms with Crippen LogP contribution in [-0.2, 0) is 11.3 Å². The number of ether oxygens (including phenoxy) is 2. The van der Waals surface area contributed by atoms with E-state index in [1.54, 1.807) is 18.9 Å². The molecule has 0 radical (unpaired) electrons. The van der Waals surface area contributed by atoms with Crippen LogP contribution in [0.4, 0.5) is 18.9 Å². The van der Waals surface area contributed by atoms with Gasteiger partial charge in [-0.25, -0.2) is 4.79 Å². The lowest BCUT2D eigenvalue weighted by molar-refractivity contribution is -0.274. The average Bonchev–Trinajstić information content (AvgIpc) is 2.95. The van der Waals surface area contributed by atoms with Crippen molar-refractivity contribution in [3.05, 3.63) is 41.8 Å². The molecule has 2 rings (SSSR count). The number of aromatic nitrogens is 1. The molecule has 0 saturated heterocycles. The molecule has 2 aromatic rings. The molecule has 24 heavy (non-hydrogen) atoms. The molecular weight excluding hydrogens is 329 g/mol. The van der Waals surface area contributed by atoms with Crippen LogP contribution in [0.2, 0.25) is 0 Å². The number of carbonyl (C=O) groups is 1. The summed E-state index contributed by atoms with van der Waals surface area (Å²) in [4.78, 5) is 13.2. The summed E-state index contributed by atoms with van der Waals surface area (Å²) >= 11 is 0. The summed E-state index contributed by atoms with van der Waals surface area (Å²) in [7, 11) is 1.71. The first kappa shape index (κ1) is 17.6. The van der Waals surface area contributed by atoms with E-state index in [0.717, 1.165) is 0 Å². The quantitative estimate of drug-likeness (QED) is 0.749. The van der Waals surface area contributed by atoms with Crippen molar-refractivity contribution in [2.24, 2.45) is 0 Å². The monoisotopic (exact) mass is 344 g/mol. The van der Waals surface area contributed by atoms with Gasteiger partial charge in [-0.05, 0) is 31.2 Å². The normalized spacial score (nSPS) is 11.2. The molecule has 6 nitrogen and oxygen atoms in total. The van der Waals surface area contributed by atoms with Gasteiger partial charge in [0.05, 0.1) is 13.2 Å². The summed E-state index contributed by atoms with van der Waals surface area (Å²) in [6.45, 7) is 2.18. The zero-order chi connectivity index (χ0) is 17.7. The molecule has 1 heterocycles. The Bertz CT molecular complexity index is 683. The average molecular weight is 344 g/mol. The first-order valence-corrected chi connectivity index (χ1v) is 6.98. The summed E-state index contributed by atoms with van der Waals surface area (Å²) in [5.41, 5.74) is 0.702. The van der Waals surface area contributed by atoms with Gasteiger partial charge < -0.3 is 18.9 Å². The Hall–Kier alpha value is -2.71. The molecule has 0 unspecified atom stereocenters.